The van der Waals surface area contributed by atoms with Gasteiger partial charge in [0.25, 0.3) is 0 Å². The summed E-state index contributed by atoms with van der Waals surface area (Å²) in [5.74, 6) is 2.21. The number of anilines is 2. The fourth-order valence-corrected chi connectivity index (χ4v) is 3.54. The highest BCUT2D eigenvalue weighted by molar-refractivity contribution is 5.53. The molecule has 0 radical (unpaired) electrons. The summed E-state index contributed by atoms with van der Waals surface area (Å²) in [6.07, 6.45) is 2.83. The van der Waals surface area contributed by atoms with Crippen molar-refractivity contribution in [1.29, 1.82) is 0 Å². The average molecular weight is 376 g/mol. The van der Waals surface area contributed by atoms with E-state index in [9.17, 15) is 0 Å². The van der Waals surface area contributed by atoms with E-state index in [0.29, 0.717) is 5.95 Å². The first-order chi connectivity index (χ1) is 13.8. The minimum Gasteiger partial charge on any atom is -0.493 e. The van der Waals surface area contributed by atoms with Crippen LogP contribution >= 0.6 is 0 Å². The second-order valence-electron chi connectivity index (χ2n) is 6.77. The molecule has 144 valence electrons. The van der Waals surface area contributed by atoms with Gasteiger partial charge in [-0.25, -0.2) is 9.97 Å². The van der Waals surface area contributed by atoms with Gasteiger partial charge in [-0.1, -0.05) is 30.3 Å². The van der Waals surface area contributed by atoms with E-state index < -0.39 is 0 Å². The molecule has 1 aliphatic heterocycles. The maximum Gasteiger partial charge on any atom is 0.227 e. The lowest BCUT2D eigenvalue weighted by Gasteiger charge is -2.28. The first-order valence-electron chi connectivity index (χ1n) is 9.36. The van der Waals surface area contributed by atoms with Crippen molar-refractivity contribution in [3.63, 3.8) is 0 Å². The van der Waals surface area contributed by atoms with E-state index in [-0.39, 0.29) is 0 Å². The second kappa shape index (κ2) is 8.27. The van der Waals surface area contributed by atoms with Crippen molar-refractivity contribution in [2.75, 3.05) is 26.1 Å². The zero-order chi connectivity index (χ0) is 19.3. The molecule has 2 aromatic carbocycles. The standard InChI is InChI=1S/C22H24N4O2/c1-27-20-10-6-7-16(21(20)28-2)14-26-12-11-19-17(15-26)13-23-22(25-19)24-18-8-4-3-5-9-18/h3-10,13H,11-12,14-15H2,1-2H3,(H,23,24,25). The van der Waals surface area contributed by atoms with Gasteiger partial charge in [0, 0.05) is 49.1 Å². The monoisotopic (exact) mass is 376 g/mol. The van der Waals surface area contributed by atoms with Crippen molar-refractivity contribution in [3.05, 3.63) is 71.5 Å². The fraction of sp³-hybridized carbons (Fsp3) is 0.273. The lowest BCUT2D eigenvalue weighted by Crippen LogP contribution is -2.31. The normalized spacial score (nSPS) is 13.6. The van der Waals surface area contributed by atoms with Crippen molar-refractivity contribution >= 4 is 11.6 Å². The van der Waals surface area contributed by atoms with Gasteiger partial charge in [0.05, 0.1) is 19.9 Å². The van der Waals surface area contributed by atoms with Crippen molar-refractivity contribution < 1.29 is 9.47 Å². The number of benzene rings is 2. The Morgan fingerprint density at radius 2 is 1.89 bits per heavy atom. The summed E-state index contributed by atoms with van der Waals surface area (Å²) < 4.78 is 11.0. The molecule has 0 atom stereocenters. The van der Waals surface area contributed by atoms with Crippen LogP contribution in [0.5, 0.6) is 11.5 Å². The molecule has 0 saturated heterocycles. The molecule has 0 spiro atoms. The predicted octanol–water partition coefficient (Wildman–Crippen LogP) is 3.80. The summed E-state index contributed by atoms with van der Waals surface area (Å²) in [5, 5.41) is 3.27. The number of nitrogens with zero attached hydrogens (tertiary/aromatic N) is 3. The van der Waals surface area contributed by atoms with E-state index in [1.165, 1.54) is 5.56 Å². The summed E-state index contributed by atoms with van der Waals surface area (Å²) in [4.78, 5) is 11.6. The number of hydrogen-bond acceptors (Lipinski definition) is 6. The molecule has 0 aliphatic carbocycles. The third kappa shape index (κ3) is 3.92. The van der Waals surface area contributed by atoms with E-state index in [4.69, 9.17) is 14.5 Å². The molecular weight excluding hydrogens is 352 g/mol. The topological polar surface area (TPSA) is 59.5 Å². The highest BCUT2D eigenvalue weighted by Gasteiger charge is 2.20. The van der Waals surface area contributed by atoms with Gasteiger partial charge in [-0.3, -0.25) is 4.90 Å². The largest absolute Gasteiger partial charge is 0.493 e. The minimum absolute atomic E-state index is 0.646. The minimum atomic E-state index is 0.646. The zero-order valence-corrected chi connectivity index (χ0v) is 16.2. The Morgan fingerprint density at radius 3 is 2.68 bits per heavy atom. The number of ether oxygens (including phenoxy) is 2. The number of aromatic nitrogens is 2. The summed E-state index contributed by atoms with van der Waals surface area (Å²) in [6, 6.07) is 16.0. The van der Waals surface area contributed by atoms with Crippen LogP contribution < -0.4 is 14.8 Å². The van der Waals surface area contributed by atoms with Crippen molar-refractivity contribution in [3.8, 4) is 11.5 Å². The predicted molar refractivity (Wildman–Crippen MR) is 109 cm³/mol. The van der Waals surface area contributed by atoms with Gasteiger partial charge in [0.1, 0.15) is 0 Å². The summed E-state index contributed by atoms with van der Waals surface area (Å²) >= 11 is 0. The van der Waals surface area contributed by atoms with Crippen LogP contribution in [0.25, 0.3) is 0 Å². The van der Waals surface area contributed by atoms with Crippen molar-refractivity contribution in [2.24, 2.45) is 0 Å². The van der Waals surface area contributed by atoms with Gasteiger partial charge in [0.2, 0.25) is 5.95 Å². The zero-order valence-electron chi connectivity index (χ0n) is 16.2. The average Bonchev–Trinajstić information content (AvgIpc) is 2.74. The maximum atomic E-state index is 5.57. The van der Waals surface area contributed by atoms with E-state index in [1.54, 1.807) is 14.2 Å². The summed E-state index contributed by atoms with van der Waals surface area (Å²) in [7, 11) is 3.35. The van der Waals surface area contributed by atoms with Gasteiger partial charge in [-0.2, -0.15) is 0 Å². The lowest BCUT2D eigenvalue weighted by molar-refractivity contribution is 0.238. The van der Waals surface area contributed by atoms with Crippen LogP contribution in [0.1, 0.15) is 16.8 Å². The van der Waals surface area contributed by atoms with Crippen LogP contribution in [0, 0.1) is 0 Å². The molecule has 28 heavy (non-hydrogen) atoms. The fourth-order valence-electron chi connectivity index (χ4n) is 3.54. The molecule has 3 aromatic rings. The maximum absolute atomic E-state index is 5.57. The summed E-state index contributed by atoms with van der Waals surface area (Å²) in [5.41, 5.74) is 4.40. The van der Waals surface area contributed by atoms with Gasteiger partial charge < -0.3 is 14.8 Å². The van der Waals surface area contributed by atoms with Gasteiger partial charge >= 0.3 is 0 Å². The molecule has 2 heterocycles. The Morgan fingerprint density at radius 1 is 1.04 bits per heavy atom. The Labute approximate surface area is 165 Å². The summed E-state index contributed by atoms with van der Waals surface area (Å²) in [6.45, 7) is 2.56. The smallest absolute Gasteiger partial charge is 0.227 e. The number of rotatable bonds is 6. The van der Waals surface area contributed by atoms with Crippen LogP contribution in [0.15, 0.2) is 54.7 Å². The number of nitrogens with one attached hydrogen (secondary N) is 1. The van der Waals surface area contributed by atoms with Gasteiger partial charge in [-0.05, 0) is 18.2 Å². The molecule has 6 nitrogen and oxygen atoms in total. The molecule has 1 aromatic heterocycles. The van der Waals surface area contributed by atoms with E-state index in [1.807, 2.05) is 48.7 Å². The Kier molecular flexibility index (Phi) is 5.39. The molecule has 0 bridgehead atoms. The lowest BCUT2D eigenvalue weighted by atomic mass is 10.1. The van der Waals surface area contributed by atoms with Crippen molar-refractivity contribution in [2.45, 2.75) is 19.5 Å². The number of methoxy groups -OCH3 is 2. The Hall–Kier alpha value is -3.12. The van der Waals surface area contributed by atoms with Crippen LogP contribution in [0.3, 0.4) is 0 Å². The second-order valence-corrected chi connectivity index (χ2v) is 6.77. The van der Waals surface area contributed by atoms with Crippen molar-refractivity contribution in [1.82, 2.24) is 14.9 Å². The molecule has 1 aliphatic rings. The first-order valence-corrected chi connectivity index (χ1v) is 9.36. The quantitative estimate of drug-likeness (QED) is 0.706. The van der Waals surface area contributed by atoms with Crippen LogP contribution in [-0.4, -0.2) is 35.6 Å². The molecule has 0 unspecified atom stereocenters. The van der Waals surface area contributed by atoms with E-state index in [2.05, 4.69) is 21.3 Å². The third-order valence-corrected chi connectivity index (χ3v) is 4.92. The highest BCUT2D eigenvalue weighted by atomic mass is 16.5. The number of fused-ring (bicyclic) bond motifs is 1. The molecule has 0 saturated carbocycles. The molecule has 1 N–H and O–H groups in total. The SMILES string of the molecule is COc1cccc(CN2CCc3nc(Nc4ccccc4)ncc3C2)c1OC. The van der Waals surface area contributed by atoms with Crippen LogP contribution in [0.2, 0.25) is 0 Å². The van der Waals surface area contributed by atoms with Gasteiger partial charge in [-0.15, -0.1) is 0 Å². The molecule has 0 amide bonds. The van der Waals surface area contributed by atoms with Crippen LogP contribution in [-0.2, 0) is 19.5 Å². The molecule has 0 fully saturated rings. The highest BCUT2D eigenvalue weighted by Crippen LogP contribution is 2.32. The van der Waals surface area contributed by atoms with E-state index in [0.717, 1.165) is 54.5 Å². The Bertz CT molecular complexity index is 947. The third-order valence-electron chi connectivity index (χ3n) is 4.92. The molecule has 4 rings (SSSR count). The van der Waals surface area contributed by atoms with Crippen LogP contribution in [0.4, 0.5) is 11.6 Å². The number of para-hydroxylation sites is 2. The molecular formula is C22H24N4O2. The van der Waals surface area contributed by atoms with E-state index >= 15 is 0 Å². The Balaban J connectivity index is 1.47. The molecule has 6 heteroatoms. The van der Waals surface area contributed by atoms with Gasteiger partial charge in [0.15, 0.2) is 11.5 Å². The number of hydrogen-bond donors (Lipinski definition) is 1. The first kappa shape index (κ1) is 18.3.